The van der Waals surface area contributed by atoms with E-state index < -0.39 is 5.91 Å². The van der Waals surface area contributed by atoms with Gasteiger partial charge in [-0.25, -0.2) is 0 Å². The smallest absolute Gasteiger partial charge is 0.264 e. The molecule has 0 radical (unpaired) electrons. The number of hydrogen-bond acceptors (Lipinski definition) is 4. The van der Waals surface area contributed by atoms with Gasteiger partial charge in [-0.05, 0) is 6.07 Å². The van der Waals surface area contributed by atoms with Gasteiger partial charge in [0.25, 0.3) is 5.91 Å². The van der Waals surface area contributed by atoms with Crippen molar-refractivity contribution in [3.63, 3.8) is 0 Å². The fourth-order valence-electron chi connectivity index (χ4n) is 2.37. The molecule has 21 heavy (non-hydrogen) atoms. The Bertz CT molecular complexity index is 778. The molecule has 3 N–H and O–H groups in total. The molecular formula is C14H13N3O3S. The van der Waals surface area contributed by atoms with Gasteiger partial charge >= 0.3 is 0 Å². The monoisotopic (exact) mass is 303 g/mol. The highest BCUT2D eigenvalue weighted by Gasteiger charge is 2.24. The van der Waals surface area contributed by atoms with Crippen LogP contribution in [-0.2, 0) is 13.0 Å². The Morgan fingerprint density at radius 1 is 1.38 bits per heavy atom. The number of nitrogens with zero attached hydrogens (tertiary/aromatic N) is 1. The Balaban J connectivity index is 1.85. The molecule has 3 heterocycles. The first-order valence-electron chi connectivity index (χ1n) is 6.43. The molecule has 2 aromatic heterocycles. The summed E-state index contributed by atoms with van der Waals surface area (Å²) in [5, 5.41) is 1.57. The van der Waals surface area contributed by atoms with Crippen LogP contribution in [-0.4, -0.2) is 28.2 Å². The van der Waals surface area contributed by atoms with Crippen molar-refractivity contribution in [3.8, 4) is 0 Å². The summed E-state index contributed by atoms with van der Waals surface area (Å²) in [6.07, 6.45) is 2.24. The van der Waals surface area contributed by atoms with Gasteiger partial charge in [0.2, 0.25) is 5.91 Å². The first-order chi connectivity index (χ1) is 10.1. The number of aromatic amines is 1. The Morgan fingerprint density at radius 3 is 2.90 bits per heavy atom. The van der Waals surface area contributed by atoms with E-state index in [0.29, 0.717) is 29.0 Å². The molecule has 0 atom stereocenters. The standard InChI is InChI=1S/C14H13N3O3S/c15-13(19)8-5-12(21-7-8)14(20)17-4-2-10-9(6-17)11(18)1-3-16-10/h1,3,5,7H,2,4,6H2,(H2,15,19)(H,16,18). The maximum atomic E-state index is 12.4. The van der Waals surface area contributed by atoms with E-state index in [1.165, 1.54) is 23.5 Å². The number of fused-ring (bicyclic) bond motifs is 1. The summed E-state index contributed by atoms with van der Waals surface area (Å²) < 4.78 is 0. The number of H-pyrrole nitrogens is 1. The predicted molar refractivity (Wildman–Crippen MR) is 78.3 cm³/mol. The average Bonchev–Trinajstić information content (AvgIpc) is 2.97. The number of carbonyl (C=O) groups is 2. The lowest BCUT2D eigenvalue weighted by molar-refractivity contribution is 0.0738. The van der Waals surface area contributed by atoms with Crippen molar-refractivity contribution < 1.29 is 9.59 Å². The number of primary amides is 1. The predicted octanol–water partition coefficient (Wildman–Crippen LogP) is 0.734. The van der Waals surface area contributed by atoms with Crippen molar-refractivity contribution >= 4 is 23.2 Å². The third-order valence-corrected chi connectivity index (χ3v) is 4.43. The van der Waals surface area contributed by atoms with Crippen LogP contribution in [0.4, 0.5) is 0 Å². The van der Waals surface area contributed by atoms with E-state index in [4.69, 9.17) is 5.73 Å². The molecule has 1 aliphatic heterocycles. The average molecular weight is 303 g/mol. The number of rotatable bonds is 2. The van der Waals surface area contributed by atoms with Gasteiger partial charge in [0.05, 0.1) is 17.0 Å². The summed E-state index contributed by atoms with van der Waals surface area (Å²) in [5.74, 6) is -0.730. The third-order valence-electron chi connectivity index (χ3n) is 3.52. The summed E-state index contributed by atoms with van der Waals surface area (Å²) in [5.41, 5.74) is 6.97. The first kappa shape index (κ1) is 13.6. The third kappa shape index (κ3) is 2.47. The molecule has 0 saturated carbocycles. The molecule has 0 aromatic carbocycles. The number of nitrogens with one attached hydrogen (secondary N) is 1. The van der Waals surface area contributed by atoms with Gasteiger partial charge in [0, 0.05) is 41.9 Å². The van der Waals surface area contributed by atoms with E-state index >= 15 is 0 Å². The number of pyridine rings is 1. The zero-order valence-corrected chi connectivity index (χ0v) is 11.9. The lowest BCUT2D eigenvalue weighted by atomic mass is 10.1. The number of aromatic nitrogens is 1. The molecule has 0 saturated heterocycles. The van der Waals surface area contributed by atoms with Crippen LogP contribution < -0.4 is 11.2 Å². The van der Waals surface area contributed by atoms with Crippen LogP contribution in [0, 0.1) is 0 Å². The van der Waals surface area contributed by atoms with Gasteiger partial charge < -0.3 is 15.6 Å². The summed E-state index contributed by atoms with van der Waals surface area (Å²) in [7, 11) is 0. The van der Waals surface area contributed by atoms with E-state index in [0.717, 1.165) is 5.69 Å². The van der Waals surface area contributed by atoms with Gasteiger partial charge in [0.15, 0.2) is 5.43 Å². The molecule has 0 unspecified atom stereocenters. The Labute approximate surface area is 124 Å². The second-order valence-corrected chi connectivity index (χ2v) is 5.75. The van der Waals surface area contributed by atoms with E-state index in [1.807, 2.05) is 0 Å². The second-order valence-electron chi connectivity index (χ2n) is 4.84. The number of nitrogens with two attached hydrogens (primary N) is 1. The van der Waals surface area contributed by atoms with Crippen molar-refractivity contribution in [1.29, 1.82) is 0 Å². The molecule has 0 fully saturated rings. The van der Waals surface area contributed by atoms with Gasteiger partial charge in [-0.15, -0.1) is 11.3 Å². The highest BCUT2D eigenvalue weighted by Crippen LogP contribution is 2.20. The lowest BCUT2D eigenvalue weighted by Gasteiger charge is -2.27. The highest BCUT2D eigenvalue weighted by molar-refractivity contribution is 7.12. The van der Waals surface area contributed by atoms with E-state index in [1.54, 1.807) is 16.5 Å². The van der Waals surface area contributed by atoms with Gasteiger partial charge in [-0.3, -0.25) is 14.4 Å². The Morgan fingerprint density at radius 2 is 2.19 bits per heavy atom. The van der Waals surface area contributed by atoms with Crippen LogP contribution >= 0.6 is 11.3 Å². The largest absolute Gasteiger partial charge is 0.366 e. The molecule has 0 bridgehead atoms. The van der Waals surface area contributed by atoms with Gasteiger partial charge in [0.1, 0.15) is 0 Å². The van der Waals surface area contributed by atoms with Crippen LogP contribution in [0.3, 0.4) is 0 Å². The van der Waals surface area contributed by atoms with Crippen molar-refractivity contribution in [1.82, 2.24) is 9.88 Å². The van der Waals surface area contributed by atoms with Crippen LogP contribution in [0.2, 0.25) is 0 Å². The summed E-state index contributed by atoms with van der Waals surface area (Å²) in [4.78, 5) is 40.5. The number of thiophene rings is 1. The van der Waals surface area contributed by atoms with Crippen molar-refractivity contribution in [2.45, 2.75) is 13.0 Å². The molecule has 0 aliphatic carbocycles. The van der Waals surface area contributed by atoms with Crippen molar-refractivity contribution in [2.75, 3.05) is 6.54 Å². The molecule has 0 spiro atoms. The SMILES string of the molecule is NC(=O)c1csc(C(=O)N2CCc3[nH]ccc(=O)c3C2)c1. The highest BCUT2D eigenvalue weighted by atomic mass is 32.1. The fourth-order valence-corrected chi connectivity index (χ4v) is 3.24. The lowest BCUT2D eigenvalue weighted by Crippen LogP contribution is -2.38. The molecule has 2 aromatic rings. The number of hydrogen-bond donors (Lipinski definition) is 2. The van der Waals surface area contributed by atoms with Gasteiger partial charge in [-0.2, -0.15) is 0 Å². The van der Waals surface area contributed by atoms with Crippen LogP contribution in [0.1, 0.15) is 31.3 Å². The van der Waals surface area contributed by atoms with Crippen LogP contribution in [0.5, 0.6) is 0 Å². The molecule has 3 rings (SSSR count). The summed E-state index contributed by atoms with van der Waals surface area (Å²) in [6, 6.07) is 2.96. The van der Waals surface area contributed by atoms with E-state index in [2.05, 4.69) is 4.98 Å². The zero-order chi connectivity index (χ0) is 15.0. The normalized spacial score (nSPS) is 13.8. The summed E-state index contributed by atoms with van der Waals surface area (Å²) in [6.45, 7) is 0.823. The van der Waals surface area contributed by atoms with Crippen molar-refractivity contribution in [2.24, 2.45) is 5.73 Å². The minimum absolute atomic E-state index is 0.0646. The van der Waals surface area contributed by atoms with E-state index in [-0.39, 0.29) is 17.9 Å². The first-order valence-corrected chi connectivity index (χ1v) is 7.31. The van der Waals surface area contributed by atoms with Crippen LogP contribution in [0.25, 0.3) is 0 Å². The van der Waals surface area contributed by atoms with Crippen molar-refractivity contribution in [3.05, 3.63) is 55.6 Å². The molecule has 7 heteroatoms. The Kier molecular flexibility index (Phi) is 3.34. The number of carbonyl (C=O) groups excluding carboxylic acids is 2. The Hall–Kier alpha value is -2.41. The second kappa shape index (κ2) is 5.17. The summed E-state index contributed by atoms with van der Waals surface area (Å²) >= 11 is 1.19. The van der Waals surface area contributed by atoms with Gasteiger partial charge in [-0.1, -0.05) is 0 Å². The minimum Gasteiger partial charge on any atom is -0.366 e. The zero-order valence-electron chi connectivity index (χ0n) is 11.1. The maximum absolute atomic E-state index is 12.4. The number of amides is 2. The van der Waals surface area contributed by atoms with Crippen LogP contribution in [0.15, 0.2) is 28.5 Å². The quantitative estimate of drug-likeness (QED) is 0.856. The molecule has 6 nitrogen and oxygen atoms in total. The molecule has 1 aliphatic rings. The fraction of sp³-hybridized carbons (Fsp3) is 0.214. The molecule has 108 valence electrons. The topological polar surface area (TPSA) is 96.3 Å². The minimum atomic E-state index is -0.550. The maximum Gasteiger partial charge on any atom is 0.264 e. The molecular weight excluding hydrogens is 290 g/mol. The molecule has 2 amide bonds. The van der Waals surface area contributed by atoms with E-state index in [9.17, 15) is 14.4 Å².